The number of aliphatic imine (C=N–C) groups is 1. The highest BCUT2D eigenvalue weighted by Crippen LogP contribution is 2.18. The molecule has 2 heterocycles. The van der Waals surface area contributed by atoms with Crippen molar-refractivity contribution in [2.75, 3.05) is 65.4 Å². The summed E-state index contributed by atoms with van der Waals surface area (Å²) in [7, 11) is 6.00. The van der Waals surface area contributed by atoms with Gasteiger partial charge in [0, 0.05) is 58.6 Å². The number of para-hydroxylation sites is 1. The predicted molar refractivity (Wildman–Crippen MR) is 119 cm³/mol. The Bertz CT molecular complexity index is 774. The molecular formula is C22H32N6O. The van der Waals surface area contributed by atoms with E-state index in [0.717, 1.165) is 50.3 Å². The second-order valence-corrected chi connectivity index (χ2v) is 7.26. The van der Waals surface area contributed by atoms with Crippen LogP contribution in [-0.4, -0.2) is 81.2 Å². The van der Waals surface area contributed by atoms with Crippen molar-refractivity contribution in [3.8, 4) is 5.75 Å². The first-order valence-corrected chi connectivity index (χ1v) is 10.1. The Morgan fingerprint density at radius 3 is 2.62 bits per heavy atom. The maximum Gasteiger partial charge on any atom is 0.193 e. The molecule has 0 aliphatic carbocycles. The van der Waals surface area contributed by atoms with Crippen molar-refractivity contribution in [1.29, 1.82) is 0 Å². The van der Waals surface area contributed by atoms with E-state index in [1.807, 2.05) is 56.7 Å². The monoisotopic (exact) mass is 396 g/mol. The molecule has 1 fully saturated rings. The van der Waals surface area contributed by atoms with Gasteiger partial charge in [0.15, 0.2) is 5.96 Å². The van der Waals surface area contributed by atoms with Crippen molar-refractivity contribution in [3.05, 3.63) is 54.2 Å². The third-order valence-corrected chi connectivity index (χ3v) is 5.12. The van der Waals surface area contributed by atoms with Crippen LogP contribution in [0.4, 0.5) is 5.82 Å². The lowest BCUT2D eigenvalue weighted by Crippen LogP contribution is -2.45. The molecule has 0 bridgehead atoms. The lowest BCUT2D eigenvalue weighted by atomic mass is 10.2. The van der Waals surface area contributed by atoms with Crippen LogP contribution < -0.4 is 15.0 Å². The summed E-state index contributed by atoms with van der Waals surface area (Å²) in [5.41, 5.74) is 1.19. The number of benzene rings is 1. The van der Waals surface area contributed by atoms with Crippen LogP contribution in [0.2, 0.25) is 0 Å². The van der Waals surface area contributed by atoms with Gasteiger partial charge in [0.25, 0.3) is 0 Å². The molecular weight excluding hydrogens is 364 g/mol. The van der Waals surface area contributed by atoms with Gasteiger partial charge < -0.3 is 24.8 Å². The minimum Gasteiger partial charge on any atom is -0.492 e. The number of anilines is 1. The Morgan fingerprint density at radius 1 is 1.14 bits per heavy atom. The summed E-state index contributed by atoms with van der Waals surface area (Å²) in [6, 6.07) is 14.0. The van der Waals surface area contributed by atoms with E-state index in [1.54, 1.807) is 0 Å². The Balaban J connectivity index is 1.52. The second kappa shape index (κ2) is 10.7. The van der Waals surface area contributed by atoms with E-state index in [2.05, 4.69) is 43.1 Å². The molecule has 7 heteroatoms. The molecule has 0 atom stereocenters. The van der Waals surface area contributed by atoms with Gasteiger partial charge in [-0.3, -0.25) is 4.99 Å². The highest BCUT2D eigenvalue weighted by molar-refractivity contribution is 5.79. The molecule has 1 aliphatic rings. The highest BCUT2D eigenvalue weighted by atomic mass is 16.5. The summed E-state index contributed by atoms with van der Waals surface area (Å²) in [5, 5.41) is 3.47. The first-order valence-electron chi connectivity index (χ1n) is 10.1. The highest BCUT2D eigenvalue weighted by Gasteiger charge is 2.18. The van der Waals surface area contributed by atoms with Gasteiger partial charge in [0.2, 0.25) is 0 Å². The summed E-state index contributed by atoms with van der Waals surface area (Å²) in [5.74, 6) is 2.80. The van der Waals surface area contributed by atoms with Gasteiger partial charge in [-0.1, -0.05) is 24.3 Å². The van der Waals surface area contributed by atoms with Crippen LogP contribution in [0.15, 0.2) is 53.7 Å². The fraction of sp³-hybridized carbons (Fsp3) is 0.455. The van der Waals surface area contributed by atoms with Gasteiger partial charge in [-0.2, -0.15) is 0 Å². The SMILES string of the molecule is CN=C(NCc1cccnc1N1CCN(C)CC1)N(C)CCOc1ccccc1. The number of ether oxygens (including phenoxy) is 1. The molecule has 0 amide bonds. The van der Waals surface area contributed by atoms with Crippen molar-refractivity contribution in [3.63, 3.8) is 0 Å². The first-order chi connectivity index (χ1) is 14.2. The molecule has 29 heavy (non-hydrogen) atoms. The Morgan fingerprint density at radius 2 is 1.90 bits per heavy atom. The van der Waals surface area contributed by atoms with Crippen molar-refractivity contribution >= 4 is 11.8 Å². The number of aromatic nitrogens is 1. The van der Waals surface area contributed by atoms with Gasteiger partial charge in [0.1, 0.15) is 18.2 Å². The van der Waals surface area contributed by atoms with E-state index in [9.17, 15) is 0 Å². The number of piperazine rings is 1. The Kier molecular flexibility index (Phi) is 7.69. The largest absolute Gasteiger partial charge is 0.492 e. The molecule has 2 aromatic rings. The number of likely N-dealkylation sites (N-methyl/N-ethyl adjacent to an activating group) is 2. The average molecular weight is 397 g/mol. The van der Waals surface area contributed by atoms with E-state index in [-0.39, 0.29) is 0 Å². The molecule has 0 spiro atoms. The summed E-state index contributed by atoms with van der Waals surface area (Å²) in [4.78, 5) is 15.9. The topological polar surface area (TPSA) is 56.2 Å². The molecule has 0 unspecified atom stereocenters. The number of nitrogens with zero attached hydrogens (tertiary/aromatic N) is 5. The lowest BCUT2D eigenvalue weighted by Gasteiger charge is -2.34. The molecule has 0 radical (unpaired) electrons. The number of guanidine groups is 1. The summed E-state index contributed by atoms with van der Waals surface area (Å²) >= 11 is 0. The fourth-order valence-electron chi connectivity index (χ4n) is 3.35. The summed E-state index contributed by atoms with van der Waals surface area (Å²) in [6.45, 7) is 6.17. The van der Waals surface area contributed by atoms with Crippen LogP contribution in [0.3, 0.4) is 0 Å². The molecule has 7 nitrogen and oxygen atoms in total. The number of nitrogens with one attached hydrogen (secondary N) is 1. The van der Waals surface area contributed by atoms with E-state index in [0.29, 0.717) is 13.2 Å². The van der Waals surface area contributed by atoms with Gasteiger partial charge in [-0.05, 0) is 25.2 Å². The zero-order chi connectivity index (χ0) is 20.5. The average Bonchev–Trinajstić information content (AvgIpc) is 2.76. The number of rotatable bonds is 7. The standard InChI is InChI=1S/C22H32N6O/c1-23-22(27(3)16-17-29-20-9-5-4-6-10-20)25-18-19-8-7-11-24-21(19)28-14-12-26(2)13-15-28/h4-11H,12-18H2,1-3H3,(H,23,25). The van der Waals surface area contributed by atoms with Crippen molar-refractivity contribution in [2.24, 2.45) is 4.99 Å². The van der Waals surface area contributed by atoms with Gasteiger partial charge >= 0.3 is 0 Å². The predicted octanol–water partition coefficient (Wildman–Crippen LogP) is 1.92. The third-order valence-electron chi connectivity index (χ3n) is 5.12. The normalized spacial score (nSPS) is 15.3. The first kappa shape index (κ1) is 20.9. The van der Waals surface area contributed by atoms with Crippen molar-refractivity contribution in [2.45, 2.75) is 6.54 Å². The Labute approximate surface area is 174 Å². The maximum absolute atomic E-state index is 5.80. The number of pyridine rings is 1. The van der Waals surface area contributed by atoms with E-state index in [4.69, 9.17) is 4.74 Å². The zero-order valence-corrected chi connectivity index (χ0v) is 17.7. The number of hydrogen-bond donors (Lipinski definition) is 1. The minimum atomic E-state index is 0.598. The van der Waals surface area contributed by atoms with Gasteiger partial charge in [-0.15, -0.1) is 0 Å². The van der Waals surface area contributed by atoms with E-state index < -0.39 is 0 Å². The smallest absolute Gasteiger partial charge is 0.193 e. The molecule has 1 saturated heterocycles. The van der Waals surface area contributed by atoms with Crippen LogP contribution >= 0.6 is 0 Å². The summed E-state index contributed by atoms with van der Waals surface area (Å²) in [6.07, 6.45) is 1.87. The van der Waals surface area contributed by atoms with Gasteiger partial charge in [0.05, 0.1) is 6.54 Å². The lowest BCUT2D eigenvalue weighted by molar-refractivity contribution is 0.281. The second-order valence-electron chi connectivity index (χ2n) is 7.26. The van der Waals surface area contributed by atoms with Crippen molar-refractivity contribution < 1.29 is 4.74 Å². The van der Waals surface area contributed by atoms with Crippen LogP contribution in [0.5, 0.6) is 5.75 Å². The molecule has 1 aromatic carbocycles. The fourth-order valence-corrected chi connectivity index (χ4v) is 3.35. The van der Waals surface area contributed by atoms with Gasteiger partial charge in [-0.25, -0.2) is 4.98 Å². The molecule has 1 N–H and O–H groups in total. The number of hydrogen-bond acceptors (Lipinski definition) is 5. The quantitative estimate of drug-likeness (QED) is 0.570. The third kappa shape index (κ3) is 6.09. The zero-order valence-electron chi connectivity index (χ0n) is 17.7. The van der Waals surface area contributed by atoms with Crippen molar-refractivity contribution in [1.82, 2.24) is 20.1 Å². The molecule has 1 aromatic heterocycles. The van der Waals surface area contributed by atoms with Crippen LogP contribution in [-0.2, 0) is 6.54 Å². The van der Waals surface area contributed by atoms with Crippen LogP contribution in [0.1, 0.15) is 5.56 Å². The van der Waals surface area contributed by atoms with Crippen LogP contribution in [0.25, 0.3) is 0 Å². The van der Waals surface area contributed by atoms with E-state index >= 15 is 0 Å². The minimum absolute atomic E-state index is 0.598. The molecule has 3 rings (SSSR count). The summed E-state index contributed by atoms with van der Waals surface area (Å²) < 4.78 is 5.80. The van der Waals surface area contributed by atoms with Crippen LogP contribution in [0, 0.1) is 0 Å². The maximum atomic E-state index is 5.80. The molecule has 0 saturated carbocycles. The Hall–Kier alpha value is -2.80. The van der Waals surface area contributed by atoms with E-state index in [1.165, 1.54) is 5.56 Å². The molecule has 1 aliphatic heterocycles. The molecule has 156 valence electrons.